The normalized spacial score (nSPS) is 17.8. The molecule has 4 rings (SSSR count). The number of ether oxygens (including phenoxy) is 3. The Kier molecular flexibility index (Phi) is 4.84. The number of amides is 1. The Morgan fingerprint density at radius 3 is 2.93 bits per heavy atom. The second kappa shape index (κ2) is 7.59. The van der Waals surface area contributed by atoms with Gasteiger partial charge in [-0.3, -0.25) is 4.79 Å². The van der Waals surface area contributed by atoms with Gasteiger partial charge in [0.1, 0.15) is 31.6 Å². The van der Waals surface area contributed by atoms with E-state index in [4.69, 9.17) is 14.2 Å². The van der Waals surface area contributed by atoms with E-state index in [1.807, 2.05) is 30.3 Å². The monoisotopic (exact) mass is 380 g/mol. The highest BCUT2D eigenvalue weighted by Gasteiger charge is 2.40. The summed E-state index contributed by atoms with van der Waals surface area (Å²) in [5, 5.41) is 6.90. The predicted molar refractivity (Wildman–Crippen MR) is 102 cm³/mol. The molecule has 1 aliphatic heterocycles. The van der Waals surface area contributed by atoms with E-state index in [0.717, 1.165) is 0 Å². The van der Waals surface area contributed by atoms with Crippen LogP contribution in [-0.4, -0.2) is 39.5 Å². The van der Waals surface area contributed by atoms with Crippen LogP contribution in [-0.2, 0) is 11.3 Å². The Bertz CT molecular complexity index is 960. The number of anilines is 1. The highest BCUT2D eigenvalue weighted by molar-refractivity contribution is 5.97. The fourth-order valence-corrected chi connectivity index (χ4v) is 2.79. The van der Waals surface area contributed by atoms with Crippen LogP contribution in [0.25, 0.3) is 0 Å². The lowest BCUT2D eigenvalue weighted by molar-refractivity contribution is -0.134. The molecule has 3 aromatic rings. The summed E-state index contributed by atoms with van der Waals surface area (Å²) in [7, 11) is 0. The standard InChI is InChI=1S/C20H20N4O4/c1-20(12-27-17-7-2-3-8-18(17)28-20)19(25)23-15-5-4-6-16(11-15)26-10-9-24-14-21-13-22-24/h2-8,11,13-14H,9-10,12H2,1H3,(H,23,25)/t20-/m0/s1. The molecule has 1 atom stereocenters. The van der Waals surface area contributed by atoms with E-state index in [9.17, 15) is 4.79 Å². The van der Waals surface area contributed by atoms with E-state index in [1.54, 1.807) is 36.1 Å². The summed E-state index contributed by atoms with van der Waals surface area (Å²) in [6, 6.07) is 14.5. The summed E-state index contributed by atoms with van der Waals surface area (Å²) < 4.78 is 19.0. The second-order valence-electron chi connectivity index (χ2n) is 6.56. The molecular weight excluding hydrogens is 360 g/mol. The zero-order valence-electron chi connectivity index (χ0n) is 15.4. The lowest BCUT2D eigenvalue weighted by Crippen LogP contribution is -2.52. The SMILES string of the molecule is C[C@@]1(C(=O)Nc2cccc(OCCn3cncn3)c2)COc2ccccc2O1. The van der Waals surface area contributed by atoms with Crippen molar-refractivity contribution < 1.29 is 19.0 Å². The van der Waals surface area contributed by atoms with Gasteiger partial charge in [-0.25, -0.2) is 9.67 Å². The van der Waals surface area contributed by atoms with Crippen molar-refractivity contribution in [2.75, 3.05) is 18.5 Å². The number of para-hydroxylation sites is 2. The molecule has 28 heavy (non-hydrogen) atoms. The number of benzene rings is 2. The van der Waals surface area contributed by atoms with Gasteiger partial charge in [0.2, 0.25) is 5.60 Å². The predicted octanol–water partition coefficient (Wildman–Crippen LogP) is 2.53. The van der Waals surface area contributed by atoms with Crippen LogP contribution in [0, 0.1) is 0 Å². The van der Waals surface area contributed by atoms with Crippen molar-refractivity contribution in [3.8, 4) is 17.2 Å². The Balaban J connectivity index is 1.38. The van der Waals surface area contributed by atoms with Gasteiger partial charge < -0.3 is 19.5 Å². The highest BCUT2D eigenvalue weighted by atomic mass is 16.6. The van der Waals surface area contributed by atoms with Gasteiger partial charge in [-0.05, 0) is 31.2 Å². The molecule has 0 aliphatic carbocycles. The van der Waals surface area contributed by atoms with Gasteiger partial charge >= 0.3 is 0 Å². The van der Waals surface area contributed by atoms with Gasteiger partial charge in [-0.15, -0.1) is 0 Å². The molecule has 144 valence electrons. The molecule has 0 radical (unpaired) electrons. The van der Waals surface area contributed by atoms with Gasteiger partial charge in [0, 0.05) is 11.8 Å². The Labute approximate surface area is 162 Å². The molecule has 8 heteroatoms. The summed E-state index contributed by atoms with van der Waals surface area (Å²) in [5.74, 6) is 1.54. The van der Waals surface area contributed by atoms with Gasteiger partial charge in [-0.2, -0.15) is 5.10 Å². The number of carbonyl (C=O) groups excluding carboxylic acids is 1. The smallest absolute Gasteiger partial charge is 0.271 e. The van der Waals surface area contributed by atoms with E-state index < -0.39 is 5.60 Å². The summed E-state index contributed by atoms with van der Waals surface area (Å²) >= 11 is 0. The molecule has 1 amide bonds. The molecule has 0 fully saturated rings. The Morgan fingerprint density at radius 2 is 2.11 bits per heavy atom. The summed E-state index contributed by atoms with van der Waals surface area (Å²) in [5.41, 5.74) is -0.509. The third-order valence-corrected chi connectivity index (χ3v) is 4.32. The van der Waals surface area contributed by atoms with Gasteiger partial charge in [-0.1, -0.05) is 18.2 Å². The molecule has 1 aromatic heterocycles. The maximum absolute atomic E-state index is 12.8. The third kappa shape index (κ3) is 3.90. The molecule has 2 heterocycles. The molecule has 8 nitrogen and oxygen atoms in total. The summed E-state index contributed by atoms with van der Waals surface area (Å²) in [4.78, 5) is 16.7. The summed E-state index contributed by atoms with van der Waals surface area (Å²) in [6.07, 6.45) is 3.11. The minimum absolute atomic E-state index is 0.129. The minimum atomic E-state index is -1.13. The van der Waals surface area contributed by atoms with E-state index >= 15 is 0 Å². The van der Waals surface area contributed by atoms with E-state index in [2.05, 4.69) is 15.4 Å². The number of hydrogen-bond acceptors (Lipinski definition) is 6. The van der Waals surface area contributed by atoms with Crippen LogP contribution in [0.1, 0.15) is 6.92 Å². The maximum Gasteiger partial charge on any atom is 0.271 e. The molecule has 0 saturated heterocycles. The van der Waals surface area contributed by atoms with Crippen LogP contribution < -0.4 is 19.5 Å². The Morgan fingerprint density at radius 1 is 1.25 bits per heavy atom. The lowest BCUT2D eigenvalue weighted by atomic mass is 10.1. The number of nitrogens with zero attached hydrogens (tertiary/aromatic N) is 3. The first kappa shape index (κ1) is 17.8. The van der Waals surface area contributed by atoms with Crippen molar-refractivity contribution in [3.63, 3.8) is 0 Å². The van der Waals surface area contributed by atoms with E-state index in [-0.39, 0.29) is 12.5 Å². The number of fused-ring (bicyclic) bond motifs is 1. The number of hydrogen-bond donors (Lipinski definition) is 1. The largest absolute Gasteiger partial charge is 0.492 e. The zero-order chi connectivity index (χ0) is 19.4. The number of aromatic nitrogens is 3. The van der Waals surface area contributed by atoms with Crippen LogP contribution >= 0.6 is 0 Å². The topological polar surface area (TPSA) is 87.5 Å². The number of carbonyl (C=O) groups is 1. The molecule has 0 bridgehead atoms. The maximum atomic E-state index is 12.8. The first-order valence-electron chi connectivity index (χ1n) is 8.90. The molecule has 0 unspecified atom stereocenters. The van der Waals surface area contributed by atoms with Gasteiger partial charge in [0.15, 0.2) is 11.5 Å². The van der Waals surface area contributed by atoms with Crippen LogP contribution in [0.2, 0.25) is 0 Å². The molecule has 1 aliphatic rings. The first-order valence-corrected chi connectivity index (χ1v) is 8.90. The average Bonchev–Trinajstić information content (AvgIpc) is 3.22. The molecule has 0 saturated carbocycles. The van der Waals surface area contributed by atoms with Crippen LogP contribution in [0.15, 0.2) is 61.2 Å². The van der Waals surface area contributed by atoms with Crippen molar-refractivity contribution in [1.29, 1.82) is 0 Å². The zero-order valence-corrected chi connectivity index (χ0v) is 15.4. The van der Waals surface area contributed by atoms with Crippen molar-refractivity contribution in [3.05, 3.63) is 61.2 Å². The van der Waals surface area contributed by atoms with Crippen LogP contribution in [0.3, 0.4) is 0 Å². The van der Waals surface area contributed by atoms with E-state index in [0.29, 0.717) is 36.1 Å². The lowest BCUT2D eigenvalue weighted by Gasteiger charge is -2.34. The highest BCUT2D eigenvalue weighted by Crippen LogP contribution is 2.35. The molecular formula is C20H20N4O4. The molecule has 1 N–H and O–H groups in total. The van der Waals surface area contributed by atoms with Crippen molar-refractivity contribution in [2.24, 2.45) is 0 Å². The van der Waals surface area contributed by atoms with Crippen LogP contribution in [0.5, 0.6) is 17.2 Å². The van der Waals surface area contributed by atoms with Crippen LogP contribution in [0.4, 0.5) is 5.69 Å². The fourth-order valence-electron chi connectivity index (χ4n) is 2.79. The van der Waals surface area contributed by atoms with Gasteiger partial charge in [0.05, 0.1) is 6.54 Å². The van der Waals surface area contributed by atoms with E-state index in [1.165, 1.54) is 6.33 Å². The number of nitrogens with one attached hydrogen (secondary N) is 1. The van der Waals surface area contributed by atoms with Gasteiger partial charge in [0.25, 0.3) is 5.91 Å². The summed E-state index contributed by atoms with van der Waals surface area (Å²) in [6.45, 7) is 2.85. The molecule has 0 spiro atoms. The Hall–Kier alpha value is -3.55. The first-order chi connectivity index (χ1) is 13.6. The quantitative estimate of drug-likeness (QED) is 0.707. The number of rotatable bonds is 6. The third-order valence-electron chi connectivity index (χ3n) is 4.32. The minimum Gasteiger partial charge on any atom is -0.492 e. The van der Waals surface area contributed by atoms with Crippen molar-refractivity contribution >= 4 is 11.6 Å². The van der Waals surface area contributed by atoms with Crippen molar-refractivity contribution in [1.82, 2.24) is 14.8 Å². The fraction of sp³-hybridized carbons (Fsp3) is 0.250. The molecule has 2 aromatic carbocycles. The second-order valence-corrected chi connectivity index (χ2v) is 6.56. The average molecular weight is 380 g/mol. The van der Waals surface area contributed by atoms with Crippen molar-refractivity contribution in [2.45, 2.75) is 19.1 Å².